The largest absolute Gasteiger partial charge is 0.365 e. The van der Waals surface area contributed by atoms with Crippen LogP contribution >= 0.6 is 0 Å². The zero-order chi connectivity index (χ0) is 22.6. The van der Waals surface area contributed by atoms with Crippen molar-refractivity contribution in [3.8, 4) is 0 Å². The van der Waals surface area contributed by atoms with Gasteiger partial charge in [-0.1, -0.05) is 36.4 Å². The summed E-state index contributed by atoms with van der Waals surface area (Å²) in [6.45, 7) is 2.55. The van der Waals surface area contributed by atoms with Gasteiger partial charge in [0.1, 0.15) is 6.10 Å². The van der Waals surface area contributed by atoms with Crippen molar-refractivity contribution in [1.29, 1.82) is 0 Å². The van der Waals surface area contributed by atoms with Crippen LogP contribution < -0.4 is 5.32 Å². The Balaban J connectivity index is 1.16. The quantitative estimate of drug-likeness (QED) is 0.652. The van der Waals surface area contributed by atoms with E-state index in [1.807, 2.05) is 34.9 Å². The third-order valence-corrected chi connectivity index (χ3v) is 6.45. The number of likely N-dealkylation sites (tertiary alicyclic amines) is 1. The number of pyridine rings is 1. The van der Waals surface area contributed by atoms with E-state index >= 15 is 0 Å². The number of nitrogens with one attached hydrogen (secondary N) is 1. The molecular weight excluding hydrogens is 418 g/mol. The Morgan fingerprint density at radius 1 is 1.09 bits per heavy atom. The normalized spacial score (nSPS) is 18.5. The minimum Gasteiger partial charge on any atom is -0.365 e. The van der Waals surface area contributed by atoms with Gasteiger partial charge >= 0.3 is 0 Å². The molecule has 1 aromatic carbocycles. The highest BCUT2D eigenvalue weighted by Gasteiger charge is 2.32. The Labute approximate surface area is 192 Å². The van der Waals surface area contributed by atoms with E-state index in [2.05, 4.69) is 27.4 Å². The number of fused-ring (bicyclic) bond motifs is 1. The van der Waals surface area contributed by atoms with Gasteiger partial charge in [-0.2, -0.15) is 0 Å². The van der Waals surface area contributed by atoms with E-state index in [0.29, 0.717) is 51.3 Å². The fourth-order valence-corrected chi connectivity index (χ4v) is 4.51. The second-order valence-electron chi connectivity index (χ2n) is 8.55. The van der Waals surface area contributed by atoms with E-state index in [1.54, 1.807) is 23.6 Å². The monoisotopic (exact) mass is 445 g/mol. The Kier molecular flexibility index (Phi) is 6.17. The summed E-state index contributed by atoms with van der Waals surface area (Å²) in [4.78, 5) is 36.0. The molecule has 0 spiro atoms. The first-order valence-electron chi connectivity index (χ1n) is 11.4. The van der Waals surface area contributed by atoms with E-state index in [-0.39, 0.29) is 23.8 Å². The standard InChI is InChI=1S/C25H27N5O3/c31-24(27-14-18-5-4-10-26-13-18)20-8-11-29(12-9-20)25(32)23-21-16-33-22(15-30(21)17-28-23)19-6-2-1-3-7-19/h1-7,10,13,17,20,22H,8-9,11-12,14-16H2,(H,27,31). The maximum atomic E-state index is 13.2. The fourth-order valence-electron chi connectivity index (χ4n) is 4.51. The lowest BCUT2D eigenvalue weighted by Gasteiger charge is -2.31. The van der Waals surface area contributed by atoms with E-state index in [0.717, 1.165) is 16.8 Å². The van der Waals surface area contributed by atoms with Crippen LogP contribution in [0, 0.1) is 5.92 Å². The number of rotatable bonds is 5. The van der Waals surface area contributed by atoms with Crippen LogP contribution in [-0.4, -0.2) is 44.3 Å². The second kappa shape index (κ2) is 9.54. The van der Waals surface area contributed by atoms with Gasteiger partial charge in [-0.25, -0.2) is 4.98 Å². The van der Waals surface area contributed by atoms with Gasteiger partial charge in [-0.15, -0.1) is 0 Å². The lowest BCUT2D eigenvalue weighted by atomic mass is 9.95. The van der Waals surface area contributed by atoms with Crippen LogP contribution in [0.3, 0.4) is 0 Å². The van der Waals surface area contributed by atoms with Gasteiger partial charge < -0.3 is 19.5 Å². The third kappa shape index (κ3) is 4.66. The van der Waals surface area contributed by atoms with Crippen LogP contribution in [0.25, 0.3) is 0 Å². The maximum Gasteiger partial charge on any atom is 0.274 e. The summed E-state index contributed by atoms with van der Waals surface area (Å²) in [5.41, 5.74) is 3.37. The molecule has 1 atom stereocenters. The number of carbonyl (C=O) groups is 2. The third-order valence-electron chi connectivity index (χ3n) is 6.45. The Bertz CT molecular complexity index is 1110. The molecule has 5 rings (SSSR count). The smallest absolute Gasteiger partial charge is 0.274 e. The molecule has 1 unspecified atom stereocenters. The number of benzene rings is 1. The first-order chi connectivity index (χ1) is 16.2. The molecular formula is C25H27N5O3. The summed E-state index contributed by atoms with van der Waals surface area (Å²) in [5.74, 6) is -0.137. The average Bonchev–Trinajstić information content (AvgIpc) is 3.31. The van der Waals surface area contributed by atoms with Crippen LogP contribution in [0.2, 0.25) is 0 Å². The Morgan fingerprint density at radius 3 is 2.67 bits per heavy atom. The molecule has 1 N–H and O–H groups in total. The minimum atomic E-state index is -0.0865. The van der Waals surface area contributed by atoms with E-state index in [1.165, 1.54) is 0 Å². The van der Waals surface area contributed by atoms with Gasteiger partial charge in [0.25, 0.3) is 5.91 Å². The lowest BCUT2D eigenvalue weighted by Crippen LogP contribution is -2.43. The summed E-state index contributed by atoms with van der Waals surface area (Å²) >= 11 is 0. The summed E-state index contributed by atoms with van der Waals surface area (Å²) in [7, 11) is 0. The molecule has 0 bridgehead atoms. The molecule has 8 heteroatoms. The van der Waals surface area contributed by atoms with Gasteiger partial charge in [-0.05, 0) is 30.0 Å². The zero-order valence-electron chi connectivity index (χ0n) is 18.4. The molecule has 3 aromatic rings. The van der Waals surface area contributed by atoms with Crippen LogP contribution in [0.1, 0.15) is 46.3 Å². The lowest BCUT2D eigenvalue weighted by molar-refractivity contribution is -0.126. The number of aromatic nitrogens is 3. The van der Waals surface area contributed by atoms with E-state index < -0.39 is 0 Å². The fraction of sp³-hybridized carbons (Fsp3) is 0.360. The average molecular weight is 446 g/mol. The van der Waals surface area contributed by atoms with Crippen molar-refractivity contribution in [3.63, 3.8) is 0 Å². The molecule has 2 aromatic heterocycles. The maximum absolute atomic E-state index is 13.2. The molecule has 33 heavy (non-hydrogen) atoms. The molecule has 0 saturated carbocycles. The van der Waals surface area contributed by atoms with E-state index in [9.17, 15) is 9.59 Å². The molecule has 1 fully saturated rings. The zero-order valence-corrected chi connectivity index (χ0v) is 18.4. The van der Waals surface area contributed by atoms with Crippen LogP contribution in [0.15, 0.2) is 61.2 Å². The first kappa shape index (κ1) is 21.3. The van der Waals surface area contributed by atoms with Gasteiger partial charge in [0.15, 0.2) is 5.69 Å². The molecule has 8 nitrogen and oxygen atoms in total. The highest BCUT2D eigenvalue weighted by atomic mass is 16.5. The van der Waals surface area contributed by atoms with Crippen molar-refractivity contribution in [2.24, 2.45) is 5.92 Å². The topological polar surface area (TPSA) is 89.4 Å². The number of ether oxygens (including phenoxy) is 1. The Hall–Kier alpha value is -3.52. The molecule has 0 radical (unpaired) electrons. The number of amides is 2. The molecule has 1 saturated heterocycles. The predicted octanol–water partition coefficient (Wildman–Crippen LogP) is 2.72. The molecule has 2 aliphatic heterocycles. The molecule has 4 heterocycles. The van der Waals surface area contributed by atoms with Gasteiger partial charge in [0.05, 0.1) is 25.2 Å². The number of imidazole rings is 1. The summed E-state index contributed by atoms with van der Waals surface area (Å²) in [5, 5.41) is 2.98. The van der Waals surface area contributed by atoms with Crippen molar-refractivity contribution >= 4 is 11.8 Å². The first-order valence-corrected chi connectivity index (χ1v) is 11.4. The summed E-state index contributed by atoms with van der Waals surface area (Å²) in [6.07, 6.45) is 6.44. The number of carbonyl (C=O) groups excluding carboxylic acids is 2. The Morgan fingerprint density at radius 2 is 1.91 bits per heavy atom. The molecule has 2 aliphatic rings. The SMILES string of the molecule is O=C(NCc1cccnc1)C1CCN(C(=O)c2ncn3c2COC(c2ccccc2)C3)CC1. The van der Waals surface area contributed by atoms with Crippen molar-refractivity contribution < 1.29 is 14.3 Å². The van der Waals surface area contributed by atoms with Gasteiger partial charge in [0.2, 0.25) is 5.91 Å². The van der Waals surface area contributed by atoms with Crippen molar-refractivity contribution in [2.75, 3.05) is 13.1 Å². The summed E-state index contributed by atoms with van der Waals surface area (Å²) < 4.78 is 8.07. The molecule has 2 amide bonds. The number of piperidine rings is 1. The van der Waals surface area contributed by atoms with Crippen molar-refractivity contribution in [3.05, 3.63) is 83.7 Å². The molecule has 170 valence electrons. The van der Waals surface area contributed by atoms with Gasteiger partial charge in [0, 0.05) is 37.9 Å². The number of hydrogen-bond acceptors (Lipinski definition) is 5. The van der Waals surface area contributed by atoms with Gasteiger partial charge in [-0.3, -0.25) is 14.6 Å². The van der Waals surface area contributed by atoms with Crippen molar-refractivity contribution in [2.45, 2.75) is 38.6 Å². The summed E-state index contributed by atoms with van der Waals surface area (Å²) in [6, 6.07) is 13.9. The van der Waals surface area contributed by atoms with E-state index in [4.69, 9.17) is 4.74 Å². The van der Waals surface area contributed by atoms with Crippen molar-refractivity contribution in [1.82, 2.24) is 24.8 Å². The van der Waals surface area contributed by atoms with Crippen LogP contribution in [0.5, 0.6) is 0 Å². The number of hydrogen-bond donors (Lipinski definition) is 1. The molecule has 0 aliphatic carbocycles. The minimum absolute atomic E-state index is 0.0330. The number of nitrogens with zero attached hydrogens (tertiary/aromatic N) is 4. The predicted molar refractivity (Wildman–Crippen MR) is 121 cm³/mol. The van der Waals surface area contributed by atoms with Crippen LogP contribution in [0.4, 0.5) is 0 Å². The second-order valence-corrected chi connectivity index (χ2v) is 8.55. The van der Waals surface area contributed by atoms with Crippen LogP contribution in [-0.2, 0) is 29.2 Å². The highest BCUT2D eigenvalue weighted by molar-refractivity contribution is 5.93. The highest BCUT2D eigenvalue weighted by Crippen LogP contribution is 2.28.